The maximum atomic E-state index is 12.6. The summed E-state index contributed by atoms with van der Waals surface area (Å²) in [4.78, 5) is 25.9. The van der Waals surface area contributed by atoms with E-state index in [1.165, 1.54) is 6.92 Å². The predicted octanol–water partition coefficient (Wildman–Crippen LogP) is 1.08. The van der Waals surface area contributed by atoms with Crippen molar-refractivity contribution >= 4 is 11.8 Å². The van der Waals surface area contributed by atoms with E-state index in [-0.39, 0.29) is 24.3 Å². The van der Waals surface area contributed by atoms with Crippen LogP contribution in [0.2, 0.25) is 0 Å². The van der Waals surface area contributed by atoms with Crippen LogP contribution in [0.1, 0.15) is 31.9 Å². The summed E-state index contributed by atoms with van der Waals surface area (Å²) in [6, 6.07) is 7.41. The lowest BCUT2D eigenvalue weighted by molar-refractivity contribution is -0.133. The van der Waals surface area contributed by atoms with Gasteiger partial charge in [0.1, 0.15) is 5.75 Å². The molecule has 2 N–H and O–H groups in total. The van der Waals surface area contributed by atoms with E-state index in [0.717, 1.165) is 17.9 Å². The molecule has 0 aromatic heterocycles. The van der Waals surface area contributed by atoms with Crippen molar-refractivity contribution in [3.63, 3.8) is 0 Å². The Morgan fingerprint density at radius 2 is 2.09 bits per heavy atom. The van der Waals surface area contributed by atoms with E-state index < -0.39 is 0 Å². The second kappa shape index (κ2) is 7.97. The topological polar surface area (TPSA) is 70.7 Å². The third-order valence-electron chi connectivity index (χ3n) is 4.00. The molecular weight excluding hydrogens is 294 g/mol. The number of rotatable bonds is 5. The molecule has 2 atom stereocenters. The zero-order valence-corrected chi connectivity index (χ0v) is 14.0. The van der Waals surface area contributed by atoms with Crippen molar-refractivity contribution in [1.29, 1.82) is 0 Å². The molecule has 2 amide bonds. The van der Waals surface area contributed by atoms with E-state index in [1.807, 2.05) is 29.2 Å². The third kappa shape index (κ3) is 4.96. The molecule has 23 heavy (non-hydrogen) atoms. The fourth-order valence-corrected chi connectivity index (χ4v) is 2.80. The summed E-state index contributed by atoms with van der Waals surface area (Å²) in [5, 5.41) is 6.19. The van der Waals surface area contributed by atoms with Gasteiger partial charge in [-0.25, -0.2) is 0 Å². The summed E-state index contributed by atoms with van der Waals surface area (Å²) in [6.07, 6.45) is 0.263. The fraction of sp³-hybridized carbons (Fsp3) is 0.529. The van der Waals surface area contributed by atoms with Crippen LogP contribution in [-0.2, 0) is 9.59 Å². The van der Waals surface area contributed by atoms with Gasteiger partial charge in [-0.2, -0.15) is 0 Å². The first kappa shape index (κ1) is 17.3. The number of nitrogens with zero attached hydrogens (tertiary/aromatic N) is 1. The van der Waals surface area contributed by atoms with Gasteiger partial charge in [0.15, 0.2) is 0 Å². The first-order valence-corrected chi connectivity index (χ1v) is 7.92. The monoisotopic (exact) mass is 319 g/mol. The maximum absolute atomic E-state index is 12.6. The molecule has 2 rings (SSSR count). The van der Waals surface area contributed by atoms with Gasteiger partial charge in [0.25, 0.3) is 0 Å². The predicted molar refractivity (Wildman–Crippen MR) is 88.2 cm³/mol. The Balaban J connectivity index is 2.08. The molecule has 0 aliphatic carbocycles. The molecule has 1 aliphatic heterocycles. The Morgan fingerprint density at radius 3 is 2.65 bits per heavy atom. The number of piperazine rings is 1. The van der Waals surface area contributed by atoms with Gasteiger partial charge in [-0.15, -0.1) is 0 Å². The Hall–Kier alpha value is -2.08. The van der Waals surface area contributed by atoms with Gasteiger partial charge >= 0.3 is 0 Å². The van der Waals surface area contributed by atoms with E-state index in [9.17, 15) is 9.59 Å². The standard InChI is InChI=1S/C17H25N3O3/c1-12-11-20(9-8-18-12)17(22)10-16(19-13(2)21)14-4-6-15(23-3)7-5-14/h4-7,12,16,18H,8-11H2,1-3H3,(H,19,21)/t12-,16+/m0/s1. The largest absolute Gasteiger partial charge is 0.497 e. The van der Waals surface area contributed by atoms with Crippen LogP contribution < -0.4 is 15.4 Å². The molecule has 1 aromatic rings. The highest BCUT2D eigenvalue weighted by molar-refractivity contribution is 5.79. The zero-order valence-electron chi connectivity index (χ0n) is 14.0. The van der Waals surface area contributed by atoms with Gasteiger partial charge in [0.2, 0.25) is 11.8 Å². The summed E-state index contributed by atoms with van der Waals surface area (Å²) in [7, 11) is 1.61. The maximum Gasteiger partial charge on any atom is 0.225 e. The number of amides is 2. The number of carbonyl (C=O) groups excluding carboxylic acids is 2. The Morgan fingerprint density at radius 1 is 1.39 bits per heavy atom. The quantitative estimate of drug-likeness (QED) is 0.852. The molecule has 0 radical (unpaired) electrons. The lowest BCUT2D eigenvalue weighted by Crippen LogP contribution is -2.51. The van der Waals surface area contributed by atoms with Crippen LogP contribution in [0.15, 0.2) is 24.3 Å². The molecule has 0 bridgehead atoms. The number of ether oxygens (including phenoxy) is 1. The molecule has 1 heterocycles. The molecule has 1 saturated heterocycles. The van der Waals surface area contributed by atoms with Gasteiger partial charge in [-0.1, -0.05) is 12.1 Å². The summed E-state index contributed by atoms with van der Waals surface area (Å²) in [6.45, 7) is 5.75. The number of nitrogens with one attached hydrogen (secondary N) is 2. The number of carbonyl (C=O) groups is 2. The van der Waals surface area contributed by atoms with Crippen molar-refractivity contribution in [2.45, 2.75) is 32.4 Å². The molecule has 1 aromatic carbocycles. The summed E-state index contributed by atoms with van der Waals surface area (Å²) in [5.41, 5.74) is 0.900. The van der Waals surface area contributed by atoms with Crippen molar-refractivity contribution in [1.82, 2.24) is 15.5 Å². The normalized spacial score (nSPS) is 19.1. The van der Waals surface area contributed by atoms with Crippen LogP contribution >= 0.6 is 0 Å². The number of benzene rings is 1. The average Bonchev–Trinajstić information content (AvgIpc) is 2.54. The molecule has 6 heteroatoms. The van der Waals surface area contributed by atoms with Crippen molar-refractivity contribution < 1.29 is 14.3 Å². The Bertz CT molecular complexity index is 545. The summed E-state index contributed by atoms with van der Waals surface area (Å²) < 4.78 is 5.15. The van der Waals surface area contributed by atoms with Crippen molar-refractivity contribution in [3.05, 3.63) is 29.8 Å². The van der Waals surface area contributed by atoms with Crippen LogP contribution in [0.4, 0.5) is 0 Å². The van der Waals surface area contributed by atoms with Crippen LogP contribution in [0.5, 0.6) is 5.75 Å². The molecule has 1 fully saturated rings. The van der Waals surface area contributed by atoms with Crippen molar-refractivity contribution in [3.8, 4) is 5.75 Å². The van der Waals surface area contributed by atoms with Crippen LogP contribution in [0, 0.1) is 0 Å². The minimum atomic E-state index is -0.323. The van der Waals surface area contributed by atoms with Crippen LogP contribution in [0.25, 0.3) is 0 Å². The molecule has 0 unspecified atom stereocenters. The van der Waals surface area contributed by atoms with Crippen LogP contribution in [0.3, 0.4) is 0 Å². The van der Waals surface area contributed by atoms with Gasteiger partial charge in [0, 0.05) is 32.6 Å². The molecule has 0 spiro atoms. The first-order valence-electron chi connectivity index (χ1n) is 7.92. The first-order chi connectivity index (χ1) is 11.0. The van der Waals surface area contributed by atoms with Gasteiger partial charge in [-0.3, -0.25) is 9.59 Å². The fourth-order valence-electron chi connectivity index (χ4n) is 2.80. The highest BCUT2D eigenvalue weighted by atomic mass is 16.5. The third-order valence-corrected chi connectivity index (χ3v) is 4.00. The summed E-state index contributed by atoms with van der Waals surface area (Å²) >= 11 is 0. The minimum Gasteiger partial charge on any atom is -0.497 e. The average molecular weight is 319 g/mol. The zero-order chi connectivity index (χ0) is 16.8. The van der Waals surface area contributed by atoms with Crippen LogP contribution in [-0.4, -0.2) is 49.5 Å². The Kier molecular flexibility index (Phi) is 5.98. The van der Waals surface area contributed by atoms with Gasteiger partial charge in [-0.05, 0) is 24.6 Å². The lowest BCUT2D eigenvalue weighted by Gasteiger charge is -2.33. The van der Waals surface area contributed by atoms with Gasteiger partial charge in [0.05, 0.1) is 19.6 Å². The number of methoxy groups -OCH3 is 1. The number of hydrogen-bond donors (Lipinski definition) is 2. The van der Waals surface area contributed by atoms with Crippen molar-refractivity contribution in [2.75, 3.05) is 26.7 Å². The second-order valence-corrected chi connectivity index (χ2v) is 5.93. The molecule has 1 aliphatic rings. The highest BCUT2D eigenvalue weighted by Crippen LogP contribution is 2.21. The molecule has 0 saturated carbocycles. The van der Waals surface area contributed by atoms with Crippen molar-refractivity contribution in [2.24, 2.45) is 0 Å². The molecular formula is C17H25N3O3. The second-order valence-electron chi connectivity index (χ2n) is 5.93. The highest BCUT2D eigenvalue weighted by Gasteiger charge is 2.24. The van der Waals surface area contributed by atoms with E-state index in [0.29, 0.717) is 19.1 Å². The number of hydrogen-bond acceptors (Lipinski definition) is 4. The van der Waals surface area contributed by atoms with Gasteiger partial charge < -0.3 is 20.3 Å². The smallest absolute Gasteiger partial charge is 0.225 e. The minimum absolute atomic E-state index is 0.0629. The van der Waals surface area contributed by atoms with E-state index >= 15 is 0 Å². The van der Waals surface area contributed by atoms with E-state index in [1.54, 1.807) is 7.11 Å². The molecule has 126 valence electrons. The lowest BCUT2D eigenvalue weighted by atomic mass is 10.0. The van der Waals surface area contributed by atoms with E-state index in [4.69, 9.17) is 4.74 Å². The Labute approximate surface area is 137 Å². The summed E-state index contributed by atoms with van der Waals surface area (Å²) in [5.74, 6) is 0.665. The van der Waals surface area contributed by atoms with E-state index in [2.05, 4.69) is 17.6 Å². The SMILES string of the molecule is COc1ccc([C@@H](CC(=O)N2CCN[C@@H](C)C2)NC(C)=O)cc1. The molecule has 6 nitrogen and oxygen atoms in total.